The minimum Gasteiger partial charge on any atom is -0.383 e. The summed E-state index contributed by atoms with van der Waals surface area (Å²) < 4.78 is 5.10. The molecule has 1 saturated carbocycles. The van der Waals surface area contributed by atoms with Crippen LogP contribution in [0.25, 0.3) is 11.4 Å². The van der Waals surface area contributed by atoms with E-state index in [2.05, 4.69) is 22.6 Å². The van der Waals surface area contributed by atoms with Gasteiger partial charge in [0.15, 0.2) is 5.13 Å². The number of hydrogen-bond acceptors (Lipinski definition) is 7. The number of hydrogen-bond donors (Lipinski definition) is 1. The van der Waals surface area contributed by atoms with Gasteiger partial charge in [0.1, 0.15) is 11.4 Å². The summed E-state index contributed by atoms with van der Waals surface area (Å²) in [5, 5.41) is 7.63. The summed E-state index contributed by atoms with van der Waals surface area (Å²) in [7, 11) is 1.67. The zero-order valence-corrected chi connectivity index (χ0v) is 17.9. The van der Waals surface area contributed by atoms with Gasteiger partial charge in [0.05, 0.1) is 11.6 Å². The van der Waals surface area contributed by atoms with Crippen molar-refractivity contribution < 1.29 is 9.53 Å². The highest BCUT2D eigenvalue weighted by molar-refractivity contribution is 7.14. The molecule has 0 unspecified atom stereocenters. The third kappa shape index (κ3) is 5.27. The second kappa shape index (κ2) is 9.61. The number of nitrogens with zero attached hydrogens (tertiary/aromatic N) is 3. The van der Waals surface area contributed by atoms with Gasteiger partial charge in [-0.3, -0.25) is 4.79 Å². The van der Waals surface area contributed by atoms with Gasteiger partial charge in [-0.1, -0.05) is 0 Å². The first-order chi connectivity index (χ1) is 13.1. The van der Waals surface area contributed by atoms with Crippen molar-refractivity contribution in [3.05, 3.63) is 15.3 Å². The van der Waals surface area contributed by atoms with Crippen LogP contribution in [0.15, 0.2) is 5.38 Å². The molecule has 1 aliphatic rings. The Labute approximate surface area is 169 Å². The average Bonchev–Trinajstić information content (AvgIpc) is 3.27. The number of aryl methyl sites for hydroxylation is 2. The summed E-state index contributed by atoms with van der Waals surface area (Å²) in [6.45, 7) is 6.35. The van der Waals surface area contributed by atoms with Crippen LogP contribution in [0.3, 0.4) is 0 Å². The Kier molecular flexibility index (Phi) is 7.20. The predicted molar refractivity (Wildman–Crippen MR) is 112 cm³/mol. The number of methoxy groups -OCH3 is 1. The van der Waals surface area contributed by atoms with E-state index in [9.17, 15) is 4.79 Å². The second-order valence-electron chi connectivity index (χ2n) is 7.07. The third-order valence-corrected chi connectivity index (χ3v) is 6.85. The number of rotatable bonds is 9. The highest BCUT2D eigenvalue weighted by atomic mass is 32.1. The van der Waals surface area contributed by atoms with E-state index in [1.165, 1.54) is 4.88 Å². The van der Waals surface area contributed by atoms with Crippen LogP contribution in [0.4, 0.5) is 5.13 Å². The molecule has 6 nitrogen and oxygen atoms in total. The first-order valence-electron chi connectivity index (χ1n) is 9.44. The van der Waals surface area contributed by atoms with Crippen molar-refractivity contribution in [1.82, 2.24) is 14.9 Å². The van der Waals surface area contributed by atoms with Gasteiger partial charge in [-0.05, 0) is 45.4 Å². The molecule has 0 bridgehead atoms. The van der Waals surface area contributed by atoms with Crippen LogP contribution < -0.4 is 5.32 Å². The molecule has 2 aromatic heterocycles. The van der Waals surface area contributed by atoms with Gasteiger partial charge in [0, 0.05) is 36.5 Å². The lowest BCUT2D eigenvalue weighted by Gasteiger charge is -2.34. The SMILES string of the molecule is COCCN(C=O)[C@H]1CC[C@H](CNc2nc(-c3nc(C)sc3C)cs2)CC1. The van der Waals surface area contributed by atoms with Gasteiger partial charge < -0.3 is 15.0 Å². The quantitative estimate of drug-likeness (QED) is 0.636. The molecule has 2 heterocycles. The van der Waals surface area contributed by atoms with Crippen molar-refractivity contribution >= 4 is 34.2 Å². The molecule has 3 rings (SSSR count). The molecule has 148 valence electrons. The molecule has 0 radical (unpaired) electrons. The Hall–Kier alpha value is -1.51. The number of amides is 1. The molecule has 0 aromatic carbocycles. The van der Waals surface area contributed by atoms with Crippen molar-refractivity contribution in [2.45, 2.75) is 45.6 Å². The summed E-state index contributed by atoms with van der Waals surface area (Å²) in [5.41, 5.74) is 1.97. The molecule has 0 spiro atoms. The van der Waals surface area contributed by atoms with Gasteiger partial charge in [-0.25, -0.2) is 9.97 Å². The largest absolute Gasteiger partial charge is 0.383 e. The number of carbonyl (C=O) groups excluding carboxylic acids is 1. The number of anilines is 1. The molecule has 1 N–H and O–H groups in total. The molecule has 1 amide bonds. The minimum absolute atomic E-state index is 0.358. The highest BCUT2D eigenvalue weighted by Crippen LogP contribution is 2.31. The zero-order chi connectivity index (χ0) is 19.2. The van der Waals surface area contributed by atoms with Crippen molar-refractivity contribution in [2.75, 3.05) is 32.1 Å². The van der Waals surface area contributed by atoms with E-state index in [0.29, 0.717) is 25.1 Å². The number of carbonyl (C=O) groups is 1. The minimum atomic E-state index is 0.358. The molecule has 8 heteroatoms. The fourth-order valence-corrected chi connectivity index (χ4v) is 5.19. The molecule has 1 aliphatic carbocycles. The maximum Gasteiger partial charge on any atom is 0.210 e. The van der Waals surface area contributed by atoms with Gasteiger partial charge in [0.25, 0.3) is 0 Å². The Morgan fingerprint density at radius 1 is 1.30 bits per heavy atom. The van der Waals surface area contributed by atoms with Crippen LogP contribution in [0.2, 0.25) is 0 Å². The lowest BCUT2D eigenvalue weighted by atomic mass is 9.85. The summed E-state index contributed by atoms with van der Waals surface area (Å²) >= 11 is 3.36. The van der Waals surface area contributed by atoms with Crippen LogP contribution in [0.1, 0.15) is 35.6 Å². The van der Waals surface area contributed by atoms with E-state index in [4.69, 9.17) is 9.72 Å². The van der Waals surface area contributed by atoms with Crippen LogP contribution in [0, 0.1) is 19.8 Å². The first-order valence-corrected chi connectivity index (χ1v) is 11.1. The van der Waals surface area contributed by atoms with E-state index >= 15 is 0 Å². The van der Waals surface area contributed by atoms with Crippen molar-refractivity contribution in [2.24, 2.45) is 5.92 Å². The monoisotopic (exact) mass is 408 g/mol. The second-order valence-corrected chi connectivity index (χ2v) is 9.33. The van der Waals surface area contributed by atoms with Gasteiger partial charge in [-0.15, -0.1) is 22.7 Å². The maximum absolute atomic E-state index is 11.3. The van der Waals surface area contributed by atoms with Crippen molar-refractivity contribution in [1.29, 1.82) is 0 Å². The number of ether oxygens (including phenoxy) is 1. The topological polar surface area (TPSA) is 67.3 Å². The molecule has 1 fully saturated rings. The van der Waals surface area contributed by atoms with E-state index in [1.54, 1.807) is 29.8 Å². The summed E-state index contributed by atoms with van der Waals surface area (Å²) in [6.07, 6.45) is 5.38. The molecule has 0 atom stereocenters. The Balaban J connectivity index is 1.47. The normalized spacial score (nSPS) is 19.8. The smallest absolute Gasteiger partial charge is 0.210 e. The van der Waals surface area contributed by atoms with Crippen LogP contribution in [0.5, 0.6) is 0 Å². The third-order valence-electron chi connectivity index (χ3n) is 5.17. The highest BCUT2D eigenvalue weighted by Gasteiger charge is 2.25. The molecular formula is C19H28N4O2S2. The number of aromatic nitrogens is 2. The fourth-order valence-electron chi connectivity index (χ4n) is 3.66. The van der Waals surface area contributed by atoms with Crippen LogP contribution in [-0.4, -0.2) is 54.1 Å². The van der Waals surface area contributed by atoms with Crippen LogP contribution >= 0.6 is 22.7 Å². The molecular weight excluding hydrogens is 380 g/mol. The summed E-state index contributed by atoms with van der Waals surface area (Å²) in [4.78, 5) is 23.7. The number of nitrogens with one attached hydrogen (secondary N) is 1. The molecule has 2 aromatic rings. The number of thiazole rings is 2. The molecule has 0 saturated heterocycles. The van der Waals surface area contributed by atoms with E-state index in [0.717, 1.165) is 60.2 Å². The zero-order valence-electron chi connectivity index (χ0n) is 16.2. The Bertz CT molecular complexity index is 738. The van der Waals surface area contributed by atoms with Gasteiger partial charge in [-0.2, -0.15) is 0 Å². The van der Waals surface area contributed by atoms with Crippen LogP contribution in [-0.2, 0) is 9.53 Å². The summed E-state index contributed by atoms with van der Waals surface area (Å²) in [5.74, 6) is 0.632. The summed E-state index contributed by atoms with van der Waals surface area (Å²) in [6, 6.07) is 0.358. The Morgan fingerprint density at radius 2 is 2.07 bits per heavy atom. The first kappa shape index (κ1) is 20.2. The lowest BCUT2D eigenvalue weighted by Crippen LogP contribution is -2.39. The Morgan fingerprint density at radius 3 is 2.70 bits per heavy atom. The maximum atomic E-state index is 11.3. The van der Waals surface area contributed by atoms with E-state index in [-0.39, 0.29) is 0 Å². The predicted octanol–water partition coefficient (Wildman–Crippen LogP) is 3.96. The average molecular weight is 409 g/mol. The molecule has 0 aliphatic heterocycles. The standard InChI is InChI=1S/C19H28N4O2S2/c1-13-18(21-14(2)27-13)17-11-26-19(22-17)20-10-15-4-6-16(7-5-15)23(12-24)8-9-25-3/h11-12,15-16H,4-10H2,1-3H3,(H,20,22)/t15-,16-. The van der Waals surface area contributed by atoms with Gasteiger partial charge in [0.2, 0.25) is 6.41 Å². The lowest BCUT2D eigenvalue weighted by molar-refractivity contribution is -0.121. The van der Waals surface area contributed by atoms with Crippen molar-refractivity contribution in [3.63, 3.8) is 0 Å². The molecule has 27 heavy (non-hydrogen) atoms. The fraction of sp³-hybridized carbons (Fsp3) is 0.632. The van der Waals surface area contributed by atoms with Crippen molar-refractivity contribution in [3.8, 4) is 11.4 Å². The van der Waals surface area contributed by atoms with Gasteiger partial charge >= 0.3 is 0 Å². The van der Waals surface area contributed by atoms with E-state index in [1.807, 2.05) is 11.8 Å². The van der Waals surface area contributed by atoms with E-state index < -0.39 is 0 Å².